The molecule has 0 amide bonds. The zero-order valence-electron chi connectivity index (χ0n) is 11.7. The van der Waals surface area contributed by atoms with E-state index in [0.717, 1.165) is 55.3 Å². The first-order valence-corrected chi connectivity index (χ1v) is 8.01. The zero-order valence-corrected chi connectivity index (χ0v) is 12.5. The highest BCUT2D eigenvalue weighted by atomic mass is 32.1. The van der Waals surface area contributed by atoms with Gasteiger partial charge >= 0.3 is 0 Å². The van der Waals surface area contributed by atoms with Crippen molar-refractivity contribution in [2.75, 3.05) is 37.7 Å². The lowest BCUT2D eigenvalue weighted by atomic mass is 10.2. The van der Waals surface area contributed by atoms with Gasteiger partial charge in [0.1, 0.15) is 17.0 Å². The second-order valence-corrected chi connectivity index (χ2v) is 5.86. The van der Waals surface area contributed by atoms with Crippen molar-refractivity contribution in [2.24, 2.45) is 0 Å². The molecule has 1 saturated heterocycles. The minimum absolute atomic E-state index is 0.341. The molecule has 0 saturated carbocycles. The molecule has 2 aromatic heterocycles. The molecule has 0 aromatic carbocycles. The molecule has 1 fully saturated rings. The van der Waals surface area contributed by atoms with Crippen LogP contribution in [-0.4, -0.2) is 48.9 Å². The second kappa shape index (κ2) is 6.47. The summed E-state index contributed by atoms with van der Waals surface area (Å²) >= 11 is 1.66. The average Bonchev–Trinajstić information content (AvgIpc) is 2.96. The van der Waals surface area contributed by atoms with Crippen molar-refractivity contribution in [2.45, 2.75) is 19.4 Å². The van der Waals surface area contributed by atoms with Gasteiger partial charge in [-0.25, -0.2) is 9.97 Å². The average molecular weight is 292 g/mol. The molecular formula is C14H20N4OS. The van der Waals surface area contributed by atoms with Crippen LogP contribution in [0.4, 0.5) is 5.82 Å². The second-order valence-electron chi connectivity index (χ2n) is 4.96. The molecule has 6 heteroatoms. The molecule has 20 heavy (non-hydrogen) atoms. The first kappa shape index (κ1) is 13.7. The Morgan fingerprint density at radius 2 is 2.45 bits per heavy atom. The van der Waals surface area contributed by atoms with Crippen LogP contribution < -0.4 is 10.2 Å². The molecule has 108 valence electrons. The van der Waals surface area contributed by atoms with Gasteiger partial charge in [-0.3, -0.25) is 0 Å². The maximum absolute atomic E-state index is 5.64. The van der Waals surface area contributed by atoms with E-state index in [1.807, 2.05) is 0 Å². The number of anilines is 1. The Kier molecular flexibility index (Phi) is 4.44. The third-order valence-corrected chi connectivity index (χ3v) is 4.37. The van der Waals surface area contributed by atoms with Gasteiger partial charge in [-0.15, -0.1) is 11.3 Å². The topological polar surface area (TPSA) is 50.3 Å². The van der Waals surface area contributed by atoms with Gasteiger partial charge in [-0.05, 0) is 24.4 Å². The minimum Gasteiger partial charge on any atom is -0.377 e. The van der Waals surface area contributed by atoms with Crippen molar-refractivity contribution in [3.8, 4) is 0 Å². The van der Waals surface area contributed by atoms with Crippen LogP contribution in [0.25, 0.3) is 10.2 Å². The van der Waals surface area contributed by atoms with Gasteiger partial charge < -0.3 is 15.0 Å². The summed E-state index contributed by atoms with van der Waals surface area (Å²) < 4.78 is 5.64. The Hall–Kier alpha value is -1.24. The standard InChI is InChI=1S/C14H20N4OS/c1-2-4-15-8-11-9-19-6-5-18(11)13-12-3-7-20-14(12)17-10-16-13/h3,7,10-11,15H,2,4-6,8-9H2,1H3. The van der Waals surface area contributed by atoms with Gasteiger partial charge in [-0.1, -0.05) is 6.92 Å². The van der Waals surface area contributed by atoms with Crippen LogP contribution in [-0.2, 0) is 4.74 Å². The molecule has 1 unspecified atom stereocenters. The van der Waals surface area contributed by atoms with Crippen LogP contribution in [0.5, 0.6) is 0 Å². The van der Waals surface area contributed by atoms with Crippen LogP contribution in [0.15, 0.2) is 17.8 Å². The number of rotatable bonds is 5. The molecule has 1 atom stereocenters. The van der Waals surface area contributed by atoms with E-state index in [0.29, 0.717) is 6.04 Å². The van der Waals surface area contributed by atoms with Crippen molar-refractivity contribution in [3.63, 3.8) is 0 Å². The van der Waals surface area contributed by atoms with Crippen LogP contribution >= 0.6 is 11.3 Å². The van der Waals surface area contributed by atoms with Crippen molar-refractivity contribution in [1.29, 1.82) is 0 Å². The third kappa shape index (κ3) is 2.77. The maximum Gasteiger partial charge on any atom is 0.141 e. The zero-order chi connectivity index (χ0) is 13.8. The summed E-state index contributed by atoms with van der Waals surface area (Å²) in [6.07, 6.45) is 2.82. The first-order valence-electron chi connectivity index (χ1n) is 7.13. The number of aromatic nitrogens is 2. The molecule has 0 spiro atoms. The van der Waals surface area contributed by atoms with Crippen LogP contribution in [0, 0.1) is 0 Å². The molecule has 1 aliphatic rings. The summed E-state index contributed by atoms with van der Waals surface area (Å²) in [5, 5.41) is 6.71. The predicted molar refractivity (Wildman–Crippen MR) is 82.5 cm³/mol. The first-order chi connectivity index (χ1) is 9.90. The van der Waals surface area contributed by atoms with Crippen molar-refractivity contribution in [1.82, 2.24) is 15.3 Å². The molecule has 5 nitrogen and oxygen atoms in total. The number of morpholine rings is 1. The Balaban J connectivity index is 1.83. The SMILES string of the molecule is CCCNCC1COCCN1c1ncnc2sccc12. The lowest BCUT2D eigenvalue weighted by Gasteiger charge is -2.36. The lowest BCUT2D eigenvalue weighted by Crippen LogP contribution is -2.51. The molecule has 1 N–H and O–H groups in total. The molecule has 3 rings (SSSR count). The maximum atomic E-state index is 5.64. The number of hydrogen-bond donors (Lipinski definition) is 1. The largest absolute Gasteiger partial charge is 0.377 e. The monoisotopic (exact) mass is 292 g/mol. The van der Waals surface area contributed by atoms with E-state index in [-0.39, 0.29) is 0 Å². The predicted octanol–water partition coefficient (Wildman–Crippen LogP) is 1.90. The summed E-state index contributed by atoms with van der Waals surface area (Å²) in [4.78, 5) is 12.3. The van der Waals surface area contributed by atoms with E-state index in [4.69, 9.17) is 4.74 Å². The van der Waals surface area contributed by atoms with E-state index >= 15 is 0 Å². The summed E-state index contributed by atoms with van der Waals surface area (Å²) in [5.41, 5.74) is 0. The molecule has 0 radical (unpaired) electrons. The van der Waals surface area contributed by atoms with E-state index in [9.17, 15) is 0 Å². The van der Waals surface area contributed by atoms with Crippen LogP contribution in [0.3, 0.4) is 0 Å². The highest BCUT2D eigenvalue weighted by Gasteiger charge is 2.25. The van der Waals surface area contributed by atoms with Gasteiger partial charge in [0.15, 0.2) is 0 Å². The Labute approximate surface area is 123 Å². The molecule has 0 bridgehead atoms. The molecule has 1 aliphatic heterocycles. The fourth-order valence-electron chi connectivity index (χ4n) is 2.55. The van der Waals surface area contributed by atoms with E-state index < -0.39 is 0 Å². The highest BCUT2D eigenvalue weighted by Crippen LogP contribution is 2.28. The Bertz CT molecular complexity index is 559. The molecule has 3 heterocycles. The number of fused-ring (bicyclic) bond motifs is 1. The smallest absolute Gasteiger partial charge is 0.141 e. The third-order valence-electron chi connectivity index (χ3n) is 3.55. The van der Waals surface area contributed by atoms with Crippen molar-refractivity contribution in [3.05, 3.63) is 17.8 Å². The van der Waals surface area contributed by atoms with Crippen LogP contribution in [0.1, 0.15) is 13.3 Å². The van der Waals surface area contributed by atoms with Crippen molar-refractivity contribution < 1.29 is 4.74 Å². The fourth-order valence-corrected chi connectivity index (χ4v) is 3.28. The molecule has 0 aliphatic carbocycles. The number of nitrogens with zero attached hydrogens (tertiary/aromatic N) is 3. The van der Waals surface area contributed by atoms with Gasteiger partial charge in [0.25, 0.3) is 0 Å². The quantitative estimate of drug-likeness (QED) is 0.853. The lowest BCUT2D eigenvalue weighted by molar-refractivity contribution is 0.0935. The van der Waals surface area contributed by atoms with Crippen LogP contribution in [0.2, 0.25) is 0 Å². The summed E-state index contributed by atoms with van der Waals surface area (Å²) in [6, 6.07) is 2.45. The van der Waals surface area contributed by atoms with Gasteiger partial charge in [0.2, 0.25) is 0 Å². The number of thiophene rings is 1. The summed E-state index contributed by atoms with van der Waals surface area (Å²) in [5.74, 6) is 1.04. The summed E-state index contributed by atoms with van der Waals surface area (Å²) in [7, 11) is 0. The molecular weight excluding hydrogens is 272 g/mol. The van der Waals surface area contributed by atoms with E-state index in [1.54, 1.807) is 17.7 Å². The van der Waals surface area contributed by atoms with Gasteiger partial charge in [0, 0.05) is 13.1 Å². The molecule has 2 aromatic rings. The van der Waals surface area contributed by atoms with Gasteiger partial charge in [0.05, 0.1) is 24.6 Å². The number of hydrogen-bond acceptors (Lipinski definition) is 6. The Morgan fingerprint density at radius 1 is 1.50 bits per heavy atom. The fraction of sp³-hybridized carbons (Fsp3) is 0.571. The highest BCUT2D eigenvalue weighted by molar-refractivity contribution is 7.16. The van der Waals surface area contributed by atoms with Crippen molar-refractivity contribution >= 4 is 27.4 Å². The normalized spacial score (nSPS) is 19.6. The van der Waals surface area contributed by atoms with Gasteiger partial charge in [-0.2, -0.15) is 0 Å². The van der Waals surface area contributed by atoms with E-state index in [2.05, 4.69) is 38.6 Å². The summed E-state index contributed by atoms with van der Waals surface area (Å²) in [6.45, 7) is 6.57. The number of nitrogens with one attached hydrogen (secondary N) is 1. The number of ether oxygens (including phenoxy) is 1. The van der Waals surface area contributed by atoms with E-state index in [1.165, 1.54) is 0 Å². The Morgan fingerprint density at radius 3 is 3.35 bits per heavy atom. The minimum atomic E-state index is 0.341.